The minimum Gasteiger partial charge on any atom is -0.212 e. The molecule has 112 valence electrons. The summed E-state index contributed by atoms with van der Waals surface area (Å²) in [5.41, 5.74) is 2.64. The Hall–Kier alpha value is -1.36. The molecule has 0 amide bonds. The molecule has 2 aromatic rings. The number of sulfonamides is 1. The van der Waals surface area contributed by atoms with Crippen LogP contribution < -0.4 is 4.72 Å². The molecule has 21 heavy (non-hydrogen) atoms. The molecule has 0 bridgehead atoms. The first-order valence-corrected chi connectivity index (χ1v) is 8.70. The van der Waals surface area contributed by atoms with Crippen LogP contribution in [0, 0.1) is 6.92 Å². The van der Waals surface area contributed by atoms with Gasteiger partial charge >= 0.3 is 0 Å². The van der Waals surface area contributed by atoms with Gasteiger partial charge in [-0.25, -0.2) is 13.1 Å². The van der Waals surface area contributed by atoms with E-state index < -0.39 is 10.0 Å². The second kappa shape index (κ2) is 6.60. The van der Waals surface area contributed by atoms with E-state index in [1.54, 1.807) is 24.3 Å². The standard InChI is InChI=1S/C16H18ClNO2S/c1-12-6-5-8-14(10-12)13(2)18-21(19,20)11-15-7-3-4-9-16(15)17/h3-10,13,18H,11H2,1-2H3. The number of hydrogen-bond donors (Lipinski definition) is 1. The Morgan fingerprint density at radius 2 is 1.86 bits per heavy atom. The molecule has 2 aromatic carbocycles. The number of rotatable bonds is 5. The molecule has 0 saturated carbocycles. The predicted molar refractivity (Wildman–Crippen MR) is 86.8 cm³/mol. The van der Waals surface area contributed by atoms with E-state index in [1.165, 1.54) is 0 Å². The highest BCUT2D eigenvalue weighted by atomic mass is 35.5. The van der Waals surface area contributed by atoms with Crippen molar-refractivity contribution >= 4 is 21.6 Å². The normalized spacial score (nSPS) is 13.1. The van der Waals surface area contributed by atoms with Gasteiger partial charge in [0.15, 0.2) is 0 Å². The lowest BCUT2D eigenvalue weighted by Gasteiger charge is -2.15. The van der Waals surface area contributed by atoms with Crippen molar-refractivity contribution in [3.8, 4) is 0 Å². The number of hydrogen-bond acceptors (Lipinski definition) is 2. The van der Waals surface area contributed by atoms with Crippen molar-refractivity contribution in [3.05, 3.63) is 70.2 Å². The lowest BCUT2D eigenvalue weighted by Crippen LogP contribution is -2.28. The molecular formula is C16H18ClNO2S. The minimum atomic E-state index is -3.45. The zero-order chi connectivity index (χ0) is 15.5. The van der Waals surface area contributed by atoms with Crippen LogP contribution in [0.2, 0.25) is 5.02 Å². The number of halogens is 1. The van der Waals surface area contributed by atoms with Crippen molar-refractivity contribution < 1.29 is 8.42 Å². The molecule has 0 aliphatic rings. The Kier molecular flexibility index (Phi) is 5.04. The maximum Gasteiger partial charge on any atom is 0.216 e. The summed E-state index contributed by atoms with van der Waals surface area (Å²) < 4.78 is 27.2. The molecule has 0 fully saturated rings. The van der Waals surface area contributed by atoms with Crippen molar-refractivity contribution in [2.75, 3.05) is 0 Å². The van der Waals surface area contributed by atoms with E-state index in [0.717, 1.165) is 11.1 Å². The van der Waals surface area contributed by atoms with Gasteiger partial charge in [-0.15, -0.1) is 0 Å². The van der Waals surface area contributed by atoms with Crippen LogP contribution in [-0.4, -0.2) is 8.42 Å². The van der Waals surface area contributed by atoms with Crippen molar-refractivity contribution in [3.63, 3.8) is 0 Å². The number of aryl methyl sites for hydroxylation is 1. The van der Waals surface area contributed by atoms with E-state index in [-0.39, 0.29) is 11.8 Å². The zero-order valence-electron chi connectivity index (χ0n) is 12.0. The molecule has 1 N–H and O–H groups in total. The lowest BCUT2D eigenvalue weighted by molar-refractivity contribution is 0.566. The fourth-order valence-corrected chi connectivity index (χ4v) is 3.84. The van der Waals surface area contributed by atoms with Crippen LogP contribution >= 0.6 is 11.6 Å². The van der Waals surface area contributed by atoms with Crippen LogP contribution in [0.25, 0.3) is 0 Å². The maximum atomic E-state index is 12.3. The largest absolute Gasteiger partial charge is 0.216 e. The second-order valence-electron chi connectivity index (χ2n) is 5.10. The summed E-state index contributed by atoms with van der Waals surface area (Å²) in [5, 5.41) is 0.464. The second-order valence-corrected chi connectivity index (χ2v) is 7.27. The van der Waals surface area contributed by atoms with Gasteiger partial charge in [0.1, 0.15) is 0 Å². The van der Waals surface area contributed by atoms with Gasteiger partial charge in [-0.3, -0.25) is 0 Å². The van der Waals surface area contributed by atoms with Crippen LogP contribution in [-0.2, 0) is 15.8 Å². The average molecular weight is 324 g/mol. The Balaban J connectivity index is 2.12. The molecule has 0 radical (unpaired) electrons. The first-order valence-electron chi connectivity index (χ1n) is 6.67. The van der Waals surface area contributed by atoms with Crippen LogP contribution in [0.3, 0.4) is 0 Å². The van der Waals surface area contributed by atoms with E-state index in [2.05, 4.69) is 4.72 Å². The highest BCUT2D eigenvalue weighted by molar-refractivity contribution is 7.88. The van der Waals surface area contributed by atoms with Crippen LogP contribution in [0.4, 0.5) is 0 Å². The zero-order valence-corrected chi connectivity index (χ0v) is 13.6. The third kappa shape index (κ3) is 4.56. The van der Waals surface area contributed by atoms with Crippen LogP contribution in [0.1, 0.15) is 29.7 Å². The van der Waals surface area contributed by atoms with Crippen molar-refractivity contribution in [1.82, 2.24) is 4.72 Å². The molecular weight excluding hydrogens is 306 g/mol. The van der Waals surface area contributed by atoms with E-state index >= 15 is 0 Å². The molecule has 0 spiro atoms. The fraction of sp³-hybridized carbons (Fsp3) is 0.250. The van der Waals surface area contributed by atoms with Crippen molar-refractivity contribution in [2.24, 2.45) is 0 Å². The van der Waals surface area contributed by atoms with Gasteiger partial charge in [-0.2, -0.15) is 0 Å². The highest BCUT2D eigenvalue weighted by Crippen LogP contribution is 2.20. The Morgan fingerprint density at radius 1 is 1.14 bits per heavy atom. The molecule has 0 aromatic heterocycles. The van der Waals surface area contributed by atoms with E-state index in [1.807, 2.05) is 38.1 Å². The first kappa shape index (κ1) is 16.0. The van der Waals surface area contributed by atoms with Crippen LogP contribution in [0.15, 0.2) is 48.5 Å². The fourth-order valence-electron chi connectivity index (χ4n) is 2.14. The summed E-state index contributed by atoms with van der Waals surface area (Å²) in [6.45, 7) is 3.81. The predicted octanol–water partition coefficient (Wildman–Crippen LogP) is 3.83. The quantitative estimate of drug-likeness (QED) is 0.909. The van der Waals surface area contributed by atoms with Crippen molar-refractivity contribution in [2.45, 2.75) is 25.6 Å². The SMILES string of the molecule is Cc1cccc(C(C)NS(=O)(=O)Cc2ccccc2Cl)c1. The summed E-state index contributed by atoms with van der Waals surface area (Å²) in [4.78, 5) is 0. The Labute approximate surface area is 131 Å². The third-order valence-electron chi connectivity index (χ3n) is 3.20. The number of nitrogens with one attached hydrogen (secondary N) is 1. The monoisotopic (exact) mass is 323 g/mol. The van der Waals surface area contributed by atoms with Gasteiger partial charge in [0.2, 0.25) is 10.0 Å². The summed E-state index contributed by atoms with van der Waals surface area (Å²) in [6.07, 6.45) is 0. The average Bonchev–Trinajstić information content (AvgIpc) is 2.40. The molecule has 1 unspecified atom stereocenters. The lowest BCUT2D eigenvalue weighted by atomic mass is 10.1. The van der Waals surface area contributed by atoms with Crippen LogP contribution in [0.5, 0.6) is 0 Å². The summed E-state index contributed by atoms with van der Waals surface area (Å²) in [7, 11) is -3.45. The minimum absolute atomic E-state index is 0.122. The van der Waals surface area contributed by atoms with Crippen molar-refractivity contribution in [1.29, 1.82) is 0 Å². The van der Waals surface area contributed by atoms with E-state index in [0.29, 0.717) is 10.6 Å². The van der Waals surface area contributed by atoms with E-state index in [9.17, 15) is 8.42 Å². The van der Waals surface area contributed by atoms with Gasteiger partial charge in [0, 0.05) is 11.1 Å². The van der Waals surface area contributed by atoms with Gasteiger partial charge in [0.25, 0.3) is 0 Å². The first-order chi connectivity index (χ1) is 9.87. The van der Waals surface area contributed by atoms with Gasteiger partial charge in [-0.05, 0) is 31.0 Å². The molecule has 0 aliphatic carbocycles. The molecule has 0 heterocycles. The topological polar surface area (TPSA) is 46.2 Å². The molecule has 2 rings (SSSR count). The summed E-state index contributed by atoms with van der Waals surface area (Å²) in [6, 6.07) is 14.5. The molecule has 3 nitrogen and oxygen atoms in total. The Bertz CT molecular complexity index is 729. The van der Waals surface area contributed by atoms with E-state index in [4.69, 9.17) is 11.6 Å². The molecule has 0 saturated heterocycles. The number of benzene rings is 2. The third-order valence-corrected chi connectivity index (χ3v) is 4.97. The molecule has 1 atom stereocenters. The molecule has 5 heteroatoms. The smallest absolute Gasteiger partial charge is 0.212 e. The van der Waals surface area contributed by atoms with Gasteiger partial charge in [0.05, 0.1) is 5.75 Å². The highest BCUT2D eigenvalue weighted by Gasteiger charge is 2.17. The summed E-state index contributed by atoms with van der Waals surface area (Å²) in [5.74, 6) is -0.122. The summed E-state index contributed by atoms with van der Waals surface area (Å²) >= 11 is 6.01. The van der Waals surface area contributed by atoms with Gasteiger partial charge < -0.3 is 0 Å². The van der Waals surface area contributed by atoms with Gasteiger partial charge in [-0.1, -0.05) is 59.6 Å². The molecule has 0 aliphatic heterocycles. The Morgan fingerprint density at radius 3 is 2.52 bits per heavy atom. The maximum absolute atomic E-state index is 12.3.